The highest BCUT2D eigenvalue weighted by Gasteiger charge is 2.10. The second kappa shape index (κ2) is 8.35. The van der Waals surface area contributed by atoms with Crippen LogP contribution in [0.4, 0.5) is 0 Å². The van der Waals surface area contributed by atoms with Gasteiger partial charge in [-0.15, -0.1) is 0 Å². The number of hydrogen-bond donors (Lipinski definition) is 4. The van der Waals surface area contributed by atoms with E-state index in [1.165, 1.54) is 12.1 Å². The van der Waals surface area contributed by atoms with Gasteiger partial charge < -0.3 is 20.2 Å². The third kappa shape index (κ3) is 4.52. The first kappa shape index (κ1) is 17.8. The highest BCUT2D eigenvalue weighted by Crippen LogP contribution is 2.23. The van der Waals surface area contributed by atoms with Gasteiger partial charge in [0.25, 0.3) is 5.91 Å². The van der Waals surface area contributed by atoms with Gasteiger partial charge >= 0.3 is 0 Å². The second-order valence-corrected chi connectivity index (χ2v) is 6.02. The maximum atomic E-state index is 12.0. The number of amides is 1. The second-order valence-electron chi connectivity index (χ2n) is 6.02. The van der Waals surface area contributed by atoms with Gasteiger partial charge in [-0.25, -0.2) is 0 Å². The van der Waals surface area contributed by atoms with E-state index in [9.17, 15) is 9.90 Å². The van der Waals surface area contributed by atoms with Crippen molar-refractivity contribution in [2.75, 3.05) is 13.1 Å². The number of aromatic amines is 1. The molecule has 0 saturated carbocycles. The molecule has 0 unspecified atom stereocenters. The summed E-state index contributed by atoms with van der Waals surface area (Å²) in [6.45, 7) is 3.87. The third-order valence-corrected chi connectivity index (χ3v) is 3.94. The highest BCUT2D eigenvalue weighted by molar-refractivity contribution is 5.94. The minimum Gasteiger partial charge on any atom is -0.508 e. The summed E-state index contributed by atoms with van der Waals surface area (Å²) < 4.78 is 5.63. The van der Waals surface area contributed by atoms with E-state index < -0.39 is 0 Å². The highest BCUT2D eigenvalue weighted by atomic mass is 16.3. The Balaban J connectivity index is 1.39. The molecule has 0 fully saturated rings. The van der Waals surface area contributed by atoms with Crippen LogP contribution in [0.3, 0.4) is 0 Å². The summed E-state index contributed by atoms with van der Waals surface area (Å²) in [4.78, 5) is 12.0. The quantitative estimate of drug-likeness (QED) is 0.466. The molecule has 1 amide bonds. The number of phenolic OH excluding ortho intramolecular Hbond substituents is 1. The Kier molecular flexibility index (Phi) is 5.70. The molecule has 0 spiro atoms. The SMILES string of the molecule is Cc1ccc(-c2[nH]ncc2CNCCCNC(=O)c2cccc(O)c2)o1. The van der Waals surface area contributed by atoms with Crippen molar-refractivity contribution in [2.45, 2.75) is 19.9 Å². The Labute approximate surface area is 151 Å². The summed E-state index contributed by atoms with van der Waals surface area (Å²) in [5.74, 6) is 1.53. The number of carbonyl (C=O) groups excluding carboxylic acids is 1. The summed E-state index contributed by atoms with van der Waals surface area (Å²) in [5, 5.41) is 22.6. The van der Waals surface area contributed by atoms with Crippen LogP contribution in [0.15, 0.2) is 47.0 Å². The van der Waals surface area contributed by atoms with E-state index in [0.29, 0.717) is 18.7 Å². The lowest BCUT2D eigenvalue weighted by Crippen LogP contribution is -2.27. The van der Waals surface area contributed by atoms with E-state index in [2.05, 4.69) is 20.8 Å². The minimum atomic E-state index is -0.189. The molecule has 3 aromatic rings. The smallest absolute Gasteiger partial charge is 0.251 e. The molecule has 0 saturated heterocycles. The van der Waals surface area contributed by atoms with E-state index >= 15 is 0 Å². The molecule has 0 aliphatic carbocycles. The van der Waals surface area contributed by atoms with E-state index in [1.54, 1.807) is 18.3 Å². The number of furan rings is 1. The number of nitrogens with zero attached hydrogens (tertiary/aromatic N) is 1. The number of nitrogens with one attached hydrogen (secondary N) is 3. The van der Waals surface area contributed by atoms with Gasteiger partial charge in [-0.2, -0.15) is 5.10 Å². The maximum absolute atomic E-state index is 12.0. The van der Waals surface area contributed by atoms with Crippen LogP contribution in [-0.4, -0.2) is 34.3 Å². The number of aryl methyl sites for hydroxylation is 1. The third-order valence-electron chi connectivity index (χ3n) is 3.94. The lowest BCUT2D eigenvalue weighted by molar-refractivity contribution is 0.0953. The normalized spacial score (nSPS) is 10.8. The van der Waals surface area contributed by atoms with Gasteiger partial charge in [0.15, 0.2) is 5.76 Å². The van der Waals surface area contributed by atoms with E-state index in [-0.39, 0.29) is 11.7 Å². The molecule has 7 nitrogen and oxygen atoms in total. The van der Waals surface area contributed by atoms with Gasteiger partial charge in [0.2, 0.25) is 0 Å². The van der Waals surface area contributed by atoms with Crippen molar-refractivity contribution in [3.05, 3.63) is 59.5 Å². The average molecular weight is 354 g/mol. The first-order valence-corrected chi connectivity index (χ1v) is 8.50. The fourth-order valence-corrected chi connectivity index (χ4v) is 2.61. The molecule has 1 aromatic carbocycles. The number of carbonyl (C=O) groups is 1. The lowest BCUT2D eigenvalue weighted by atomic mass is 10.2. The van der Waals surface area contributed by atoms with Gasteiger partial charge in [0.1, 0.15) is 17.2 Å². The predicted octanol–water partition coefficient (Wildman–Crippen LogP) is 2.59. The van der Waals surface area contributed by atoms with Crippen molar-refractivity contribution < 1.29 is 14.3 Å². The number of benzene rings is 1. The number of H-pyrrole nitrogens is 1. The zero-order valence-electron chi connectivity index (χ0n) is 14.6. The summed E-state index contributed by atoms with van der Waals surface area (Å²) in [7, 11) is 0. The standard InChI is InChI=1S/C19H22N4O3/c1-13-6-7-17(26-13)18-15(12-22-23-18)11-20-8-3-9-21-19(25)14-4-2-5-16(24)10-14/h2,4-7,10,12,20,24H,3,8-9,11H2,1H3,(H,21,25)(H,22,23). The Morgan fingerprint density at radius 2 is 2.15 bits per heavy atom. The monoisotopic (exact) mass is 354 g/mol. The van der Waals surface area contributed by atoms with Crippen LogP contribution in [0.5, 0.6) is 5.75 Å². The summed E-state index contributed by atoms with van der Waals surface area (Å²) in [6, 6.07) is 10.1. The fraction of sp³-hybridized carbons (Fsp3) is 0.263. The first-order valence-electron chi connectivity index (χ1n) is 8.50. The zero-order chi connectivity index (χ0) is 18.4. The molecule has 0 aliphatic heterocycles. The van der Waals surface area contributed by atoms with Crippen molar-refractivity contribution in [3.8, 4) is 17.2 Å². The molecule has 0 bridgehead atoms. The Bertz CT molecular complexity index is 869. The molecule has 26 heavy (non-hydrogen) atoms. The molecular weight excluding hydrogens is 332 g/mol. The molecule has 2 heterocycles. The van der Waals surface area contributed by atoms with E-state index in [0.717, 1.165) is 35.7 Å². The number of aromatic nitrogens is 2. The van der Waals surface area contributed by atoms with Crippen molar-refractivity contribution in [2.24, 2.45) is 0 Å². The molecule has 0 aliphatic rings. The van der Waals surface area contributed by atoms with Gasteiger partial charge in [0.05, 0.1) is 6.20 Å². The molecule has 0 radical (unpaired) electrons. The maximum Gasteiger partial charge on any atom is 0.251 e. The number of phenols is 1. The van der Waals surface area contributed by atoms with Crippen LogP contribution < -0.4 is 10.6 Å². The molecule has 0 atom stereocenters. The summed E-state index contributed by atoms with van der Waals surface area (Å²) >= 11 is 0. The molecule has 3 rings (SSSR count). The Morgan fingerprint density at radius 3 is 2.92 bits per heavy atom. The van der Waals surface area contributed by atoms with Gasteiger partial charge in [0, 0.05) is 24.2 Å². The van der Waals surface area contributed by atoms with E-state index in [1.807, 2.05) is 19.1 Å². The minimum absolute atomic E-state index is 0.0852. The Morgan fingerprint density at radius 1 is 1.27 bits per heavy atom. The molecule has 4 N–H and O–H groups in total. The molecule has 136 valence electrons. The number of aromatic hydroxyl groups is 1. The topological polar surface area (TPSA) is 103 Å². The average Bonchev–Trinajstić information content (AvgIpc) is 3.26. The van der Waals surface area contributed by atoms with E-state index in [4.69, 9.17) is 4.42 Å². The zero-order valence-corrected chi connectivity index (χ0v) is 14.6. The van der Waals surface area contributed by atoms with Crippen LogP contribution in [0.1, 0.15) is 28.1 Å². The van der Waals surface area contributed by atoms with Crippen LogP contribution in [0.25, 0.3) is 11.5 Å². The predicted molar refractivity (Wildman–Crippen MR) is 97.8 cm³/mol. The van der Waals surface area contributed by atoms with Crippen LogP contribution in [0.2, 0.25) is 0 Å². The number of hydrogen-bond acceptors (Lipinski definition) is 5. The summed E-state index contributed by atoms with van der Waals surface area (Å²) in [5.41, 5.74) is 2.36. The van der Waals surface area contributed by atoms with Gasteiger partial charge in [-0.3, -0.25) is 9.89 Å². The van der Waals surface area contributed by atoms with Gasteiger partial charge in [-0.05, 0) is 50.2 Å². The van der Waals surface area contributed by atoms with Crippen LogP contribution in [0, 0.1) is 6.92 Å². The lowest BCUT2D eigenvalue weighted by Gasteiger charge is -2.07. The van der Waals surface area contributed by atoms with Crippen molar-refractivity contribution >= 4 is 5.91 Å². The van der Waals surface area contributed by atoms with Gasteiger partial charge in [-0.1, -0.05) is 6.07 Å². The molecular formula is C19H22N4O3. The van der Waals surface area contributed by atoms with Crippen molar-refractivity contribution in [3.63, 3.8) is 0 Å². The fourth-order valence-electron chi connectivity index (χ4n) is 2.61. The van der Waals surface area contributed by atoms with Crippen molar-refractivity contribution in [1.29, 1.82) is 0 Å². The van der Waals surface area contributed by atoms with Crippen LogP contribution in [-0.2, 0) is 6.54 Å². The molecule has 7 heteroatoms. The summed E-state index contributed by atoms with van der Waals surface area (Å²) in [6.07, 6.45) is 2.57. The number of rotatable bonds is 8. The Hall–Kier alpha value is -3.06. The van der Waals surface area contributed by atoms with Crippen LogP contribution >= 0.6 is 0 Å². The largest absolute Gasteiger partial charge is 0.508 e. The first-order chi connectivity index (χ1) is 12.6. The molecule has 2 aromatic heterocycles. The van der Waals surface area contributed by atoms with Crippen molar-refractivity contribution in [1.82, 2.24) is 20.8 Å².